The Balaban J connectivity index is 2.03. The second-order valence-electron chi connectivity index (χ2n) is 5.78. The summed E-state index contributed by atoms with van der Waals surface area (Å²) >= 11 is 0. The molecule has 0 heterocycles. The van der Waals surface area contributed by atoms with Crippen LogP contribution in [0.1, 0.15) is 29.7 Å². The zero-order chi connectivity index (χ0) is 16.8. The fourth-order valence-electron chi connectivity index (χ4n) is 2.39. The molecule has 4 nitrogen and oxygen atoms in total. The van der Waals surface area contributed by atoms with Crippen LogP contribution in [-0.2, 0) is 16.0 Å². The van der Waals surface area contributed by atoms with Crippen LogP contribution in [0.15, 0.2) is 54.6 Å². The monoisotopic (exact) mass is 311 g/mol. The smallest absolute Gasteiger partial charge is 0.330 e. The van der Waals surface area contributed by atoms with Gasteiger partial charge in [-0.1, -0.05) is 67.1 Å². The molecule has 2 aromatic rings. The Morgan fingerprint density at radius 1 is 1.04 bits per heavy atom. The van der Waals surface area contributed by atoms with E-state index in [4.69, 9.17) is 0 Å². The molecule has 0 aliphatic heterocycles. The van der Waals surface area contributed by atoms with Gasteiger partial charge in [-0.3, -0.25) is 4.79 Å². The zero-order valence-corrected chi connectivity index (χ0v) is 13.3. The molecule has 0 saturated heterocycles. The number of carbonyl (C=O) groups excluding carboxylic acids is 1. The maximum absolute atomic E-state index is 12.3. The summed E-state index contributed by atoms with van der Waals surface area (Å²) in [4.78, 5) is 23.8. The number of aliphatic carboxylic acids is 1. The fraction of sp³-hybridized carbons (Fsp3) is 0.263. The number of rotatable bonds is 6. The van der Waals surface area contributed by atoms with Crippen molar-refractivity contribution in [3.63, 3.8) is 0 Å². The lowest BCUT2D eigenvalue weighted by molar-refractivity contribution is -0.142. The predicted octanol–water partition coefficient (Wildman–Crippen LogP) is 3.12. The normalized spacial score (nSPS) is 13.1. The molecule has 1 unspecified atom stereocenters. The summed E-state index contributed by atoms with van der Waals surface area (Å²) in [5.41, 5.74) is 2.79. The number of hydrogen-bond donors (Lipinski definition) is 2. The maximum Gasteiger partial charge on any atom is 0.330 e. The molecule has 0 aliphatic rings. The third kappa shape index (κ3) is 4.68. The second-order valence-corrected chi connectivity index (χ2v) is 5.78. The van der Waals surface area contributed by atoms with E-state index < -0.39 is 12.0 Å². The van der Waals surface area contributed by atoms with E-state index >= 15 is 0 Å². The summed E-state index contributed by atoms with van der Waals surface area (Å²) in [6.45, 7) is 3.82. The number of nitrogens with one attached hydrogen (secondary N) is 1. The Kier molecular flexibility index (Phi) is 5.52. The number of hydrogen-bond acceptors (Lipinski definition) is 2. The molecule has 0 aliphatic carbocycles. The molecule has 0 bridgehead atoms. The second kappa shape index (κ2) is 7.58. The minimum absolute atomic E-state index is 0.262. The molecule has 0 aromatic heterocycles. The Morgan fingerprint density at radius 3 is 2.22 bits per heavy atom. The maximum atomic E-state index is 12.3. The molecule has 1 amide bonds. The Morgan fingerprint density at radius 2 is 1.65 bits per heavy atom. The van der Waals surface area contributed by atoms with Crippen molar-refractivity contribution in [1.29, 1.82) is 0 Å². The molecule has 23 heavy (non-hydrogen) atoms. The summed E-state index contributed by atoms with van der Waals surface area (Å²) in [6.07, 6.45) is 0.577. The van der Waals surface area contributed by atoms with Gasteiger partial charge in [0.05, 0.1) is 0 Å². The highest BCUT2D eigenvalue weighted by atomic mass is 16.4. The summed E-state index contributed by atoms with van der Waals surface area (Å²) in [7, 11) is 0. The van der Waals surface area contributed by atoms with Crippen molar-refractivity contribution in [2.75, 3.05) is 0 Å². The van der Waals surface area contributed by atoms with Gasteiger partial charge in [0.2, 0.25) is 5.91 Å². The van der Waals surface area contributed by atoms with Crippen LogP contribution in [0.3, 0.4) is 0 Å². The molecular formula is C19H21NO3. The minimum atomic E-state index is -1.06. The molecule has 0 spiro atoms. The largest absolute Gasteiger partial charge is 0.479 e. The van der Waals surface area contributed by atoms with E-state index in [2.05, 4.69) is 5.32 Å². The molecule has 2 aromatic carbocycles. The highest BCUT2D eigenvalue weighted by molar-refractivity contribution is 5.85. The van der Waals surface area contributed by atoms with Crippen LogP contribution in [0, 0.1) is 12.8 Å². The van der Waals surface area contributed by atoms with Gasteiger partial charge in [0.1, 0.15) is 0 Å². The van der Waals surface area contributed by atoms with E-state index in [0.717, 1.165) is 5.56 Å². The molecule has 2 atom stereocenters. The van der Waals surface area contributed by atoms with Gasteiger partial charge in [-0.05, 0) is 24.5 Å². The van der Waals surface area contributed by atoms with Crippen LogP contribution < -0.4 is 5.32 Å². The van der Waals surface area contributed by atoms with Crippen LogP contribution in [0.4, 0.5) is 0 Å². The Hall–Kier alpha value is -2.62. The molecule has 120 valence electrons. The summed E-state index contributed by atoms with van der Waals surface area (Å²) in [6, 6.07) is 15.7. The average molecular weight is 311 g/mol. The van der Waals surface area contributed by atoms with Gasteiger partial charge >= 0.3 is 5.97 Å². The number of amides is 1. The number of benzene rings is 2. The van der Waals surface area contributed by atoms with Crippen molar-refractivity contribution in [1.82, 2.24) is 5.32 Å². The van der Waals surface area contributed by atoms with Crippen molar-refractivity contribution in [3.8, 4) is 0 Å². The van der Waals surface area contributed by atoms with Crippen LogP contribution in [0.25, 0.3) is 0 Å². The van der Waals surface area contributed by atoms with Crippen molar-refractivity contribution in [2.24, 2.45) is 5.92 Å². The minimum Gasteiger partial charge on any atom is -0.479 e. The quantitative estimate of drug-likeness (QED) is 0.861. The predicted molar refractivity (Wildman–Crippen MR) is 89.0 cm³/mol. The zero-order valence-electron chi connectivity index (χ0n) is 13.3. The van der Waals surface area contributed by atoms with Crippen LogP contribution in [0.5, 0.6) is 0 Å². The van der Waals surface area contributed by atoms with Crippen molar-refractivity contribution in [2.45, 2.75) is 26.3 Å². The van der Waals surface area contributed by atoms with Gasteiger partial charge in [-0.15, -0.1) is 0 Å². The topological polar surface area (TPSA) is 66.4 Å². The van der Waals surface area contributed by atoms with Crippen molar-refractivity contribution in [3.05, 3.63) is 71.3 Å². The highest BCUT2D eigenvalue weighted by Crippen LogP contribution is 2.15. The average Bonchev–Trinajstić information content (AvgIpc) is 2.55. The third-order valence-corrected chi connectivity index (χ3v) is 3.78. The molecule has 2 rings (SSSR count). The Labute approximate surface area is 136 Å². The SMILES string of the molecule is Cc1ccc(CC(C)C(=O)N[C@H](C(=O)O)c2ccccc2)cc1. The third-order valence-electron chi connectivity index (χ3n) is 3.78. The number of carbonyl (C=O) groups is 2. The first-order valence-corrected chi connectivity index (χ1v) is 7.61. The number of carboxylic acid groups (broad SMARTS) is 1. The van der Waals surface area contributed by atoms with Gasteiger partial charge in [0.25, 0.3) is 0 Å². The number of aryl methyl sites for hydroxylation is 1. The first-order valence-electron chi connectivity index (χ1n) is 7.61. The van der Waals surface area contributed by atoms with E-state index in [0.29, 0.717) is 12.0 Å². The summed E-state index contributed by atoms with van der Waals surface area (Å²) in [5.74, 6) is -1.63. The van der Waals surface area contributed by atoms with Crippen LogP contribution in [-0.4, -0.2) is 17.0 Å². The van der Waals surface area contributed by atoms with E-state index in [9.17, 15) is 14.7 Å². The first kappa shape index (κ1) is 16.7. The molecular weight excluding hydrogens is 290 g/mol. The van der Waals surface area contributed by atoms with Gasteiger partial charge in [-0.2, -0.15) is 0 Å². The van der Waals surface area contributed by atoms with Gasteiger partial charge < -0.3 is 10.4 Å². The lowest BCUT2D eigenvalue weighted by atomic mass is 9.98. The lowest BCUT2D eigenvalue weighted by Crippen LogP contribution is -2.37. The van der Waals surface area contributed by atoms with E-state index in [1.165, 1.54) is 5.56 Å². The Bertz CT molecular complexity index is 665. The van der Waals surface area contributed by atoms with E-state index in [1.54, 1.807) is 31.2 Å². The van der Waals surface area contributed by atoms with Crippen LogP contribution in [0.2, 0.25) is 0 Å². The van der Waals surface area contributed by atoms with Gasteiger partial charge in [0, 0.05) is 5.92 Å². The fourth-order valence-corrected chi connectivity index (χ4v) is 2.39. The first-order chi connectivity index (χ1) is 11.0. The van der Waals surface area contributed by atoms with Crippen molar-refractivity contribution >= 4 is 11.9 Å². The standard InChI is InChI=1S/C19H21NO3/c1-13-8-10-15(11-9-13)12-14(2)18(21)20-17(19(22)23)16-6-4-3-5-7-16/h3-11,14,17H,12H2,1-2H3,(H,20,21)(H,22,23)/t14?,17-/m0/s1. The van der Waals surface area contributed by atoms with Gasteiger partial charge in [-0.25, -0.2) is 4.79 Å². The van der Waals surface area contributed by atoms with E-state index in [1.807, 2.05) is 37.3 Å². The van der Waals surface area contributed by atoms with Crippen molar-refractivity contribution < 1.29 is 14.7 Å². The highest BCUT2D eigenvalue weighted by Gasteiger charge is 2.24. The van der Waals surface area contributed by atoms with Crippen LogP contribution >= 0.6 is 0 Å². The molecule has 4 heteroatoms. The lowest BCUT2D eigenvalue weighted by Gasteiger charge is -2.18. The summed E-state index contributed by atoms with van der Waals surface area (Å²) in [5, 5.41) is 12.0. The molecule has 2 N–H and O–H groups in total. The van der Waals surface area contributed by atoms with E-state index in [-0.39, 0.29) is 11.8 Å². The molecule has 0 radical (unpaired) electrons. The summed E-state index contributed by atoms with van der Waals surface area (Å²) < 4.78 is 0. The molecule has 0 saturated carbocycles. The number of carboxylic acids is 1. The molecule has 0 fully saturated rings. The van der Waals surface area contributed by atoms with Gasteiger partial charge in [0.15, 0.2) is 6.04 Å².